The molecule has 3 rings (SSSR count). The molecule has 3 aromatic rings. The van der Waals surface area contributed by atoms with Gasteiger partial charge in [-0.25, -0.2) is 4.98 Å². The highest BCUT2D eigenvalue weighted by molar-refractivity contribution is 9.10. The molecule has 0 radical (unpaired) electrons. The second kappa shape index (κ2) is 8.50. The SMILES string of the molecule is COc1cccc(-c2cc(C(=O)NCCN(C)C)c3cc(Br)ccc3n2)c1. The van der Waals surface area contributed by atoms with E-state index in [2.05, 4.69) is 21.2 Å². The number of fused-ring (bicyclic) bond motifs is 1. The van der Waals surface area contributed by atoms with Crippen LogP contribution >= 0.6 is 15.9 Å². The molecule has 1 N–H and O–H groups in total. The van der Waals surface area contributed by atoms with Crippen LogP contribution in [0, 0.1) is 0 Å². The molecule has 5 nitrogen and oxygen atoms in total. The first-order valence-electron chi connectivity index (χ1n) is 8.65. The minimum Gasteiger partial charge on any atom is -0.497 e. The van der Waals surface area contributed by atoms with Crippen molar-refractivity contribution in [3.05, 3.63) is 58.6 Å². The van der Waals surface area contributed by atoms with Gasteiger partial charge in [0, 0.05) is 28.5 Å². The third kappa shape index (κ3) is 4.64. The summed E-state index contributed by atoms with van der Waals surface area (Å²) in [6.45, 7) is 1.36. The minimum atomic E-state index is -0.105. The maximum atomic E-state index is 12.9. The topological polar surface area (TPSA) is 54.5 Å². The largest absolute Gasteiger partial charge is 0.497 e. The van der Waals surface area contributed by atoms with E-state index in [1.807, 2.05) is 67.5 Å². The molecule has 0 saturated heterocycles. The summed E-state index contributed by atoms with van der Waals surface area (Å²) < 4.78 is 6.23. The highest BCUT2D eigenvalue weighted by atomic mass is 79.9. The average molecular weight is 428 g/mol. The van der Waals surface area contributed by atoms with E-state index >= 15 is 0 Å². The summed E-state index contributed by atoms with van der Waals surface area (Å²) in [7, 11) is 5.59. The van der Waals surface area contributed by atoms with Crippen molar-refractivity contribution in [2.75, 3.05) is 34.3 Å². The van der Waals surface area contributed by atoms with Crippen molar-refractivity contribution < 1.29 is 9.53 Å². The predicted molar refractivity (Wildman–Crippen MR) is 112 cm³/mol. The Morgan fingerprint density at radius 3 is 2.74 bits per heavy atom. The maximum Gasteiger partial charge on any atom is 0.252 e. The van der Waals surface area contributed by atoms with E-state index in [1.54, 1.807) is 7.11 Å². The van der Waals surface area contributed by atoms with Crippen LogP contribution in [0.4, 0.5) is 0 Å². The van der Waals surface area contributed by atoms with Gasteiger partial charge in [0.05, 0.1) is 23.9 Å². The highest BCUT2D eigenvalue weighted by Gasteiger charge is 2.14. The predicted octanol–water partition coefficient (Wildman–Crippen LogP) is 3.96. The molecule has 0 unspecified atom stereocenters. The minimum absolute atomic E-state index is 0.105. The van der Waals surface area contributed by atoms with Crippen molar-refractivity contribution in [1.29, 1.82) is 0 Å². The zero-order chi connectivity index (χ0) is 19.4. The molecule has 1 amide bonds. The zero-order valence-electron chi connectivity index (χ0n) is 15.6. The van der Waals surface area contributed by atoms with Crippen LogP contribution in [0.3, 0.4) is 0 Å². The summed E-state index contributed by atoms with van der Waals surface area (Å²) in [4.78, 5) is 19.6. The van der Waals surface area contributed by atoms with Crippen LogP contribution in [0.1, 0.15) is 10.4 Å². The van der Waals surface area contributed by atoms with Crippen molar-refractivity contribution in [2.24, 2.45) is 0 Å². The standard InChI is InChI=1S/C21H22BrN3O2/c1-25(2)10-9-23-21(26)18-13-20(14-5-4-6-16(11-14)27-3)24-19-8-7-15(22)12-17(18)19/h4-8,11-13H,9-10H2,1-3H3,(H,23,26). The summed E-state index contributed by atoms with van der Waals surface area (Å²) >= 11 is 3.49. The monoisotopic (exact) mass is 427 g/mol. The summed E-state index contributed by atoms with van der Waals surface area (Å²) in [6.07, 6.45) is 0. The summed E-state index contributed by atoms with van der Waals surface area (Å²) in [5.74, 6) is 0.647. The molecule has 140 valence electrons. The number of carbonyl (C=O) groups is 1. The number of halogens is 1. The van der Waals surface area contributed by atoms with Crippen LogP contribution in [0.15, 0.2) is 53.0 Å². The Bertz CT molecular complexity index is 973. The Balaban J connectivity index is 2.06. The number of hydrogen-bond acceptors (Lipinski definition) is 4. The molecule has 0 aliphatic rings. The first-order valence-corrected chi connectivity index (χ1v) is 9.45. The molecule has 0 saturated carbocycles. The third-order valence-corrected chi connectivity index (χ3v) is 4.72. The van der Waals surface area contributed by atoms with Gasteiger partial charge in [-0.3, -0.25) is 4.79 Å². The number of hydrogen-bond donors (Lipinski definition) is 1. The van der Waals surface area contributed by atoms with Crippen molar-refractivity contribution >= 4 is 32.7 Å². The molecule has 27 heavy (non-hydrogen) atoms. The number of rotatable bonds is 6. The van der Waals surface area contributed by atoms with Crippen molar-refractivity contribution in [3.63, 3.8) is 0 Å². The van der Waals surface area contributed by atoms with Gasteiger partial charge in [-0.05, 0) is 50.5 Å². The fraction of sp³-hybridized carbons (Fsp3) is 0.238. The van der Waals surface area contributed by atoms with Crippen LogP contribution < -0.4 is 10.1 Å². The number of nitrogens with one attached hydrogen (secondary N) is 1. The molecule has 0 aliphatic heterocycles. The van der Waals surface area contributed by atoms with Crippen LogP contribution in [-0.2, 0) is 0 Å². The first-order chi connectivity index (χ1) is 13.0. The average Bonchev–Trinajstić information content (AvgIpc) is 2.66. The Kier molecular flexibility index (Phi) is 6.08. The van der Waals surface area contributed by atoms with E-state index < -0.39 is 0 Å². The smallest absolute Gasteiger partial charge is 0.252 e. The van der Waals surface area contributed by atoms with Crippen LogP contribution in [0.25, 0.3) is 22.2 Å². The molecule has 1 aromatic heterocycles. The number of carbonyl (C=O) groups excluding carboxylic acids is 1. The van der Waals surface area contributed by atoms with Crippen molar-refractivity contribution in [1.82, 2.24) is 15.2 Å². The molecular weight excluding hydrogens is 406 g/mol. The summed E-state index contributed by atoms with van der Waals surface area (Å²) in [5.41, 5.74) is 3.03. The Morgan fingerprint density at radius 1 is 1.19 bits per heavy atom. The fourth-order valence-electron chi connectivity index (χ4n) is 2.80. The number of likely N-dealkylation sites (N-methyl/N-ethyl adjacent to an activating group) is 1. The zero-order valence-corrected chi connectivity index (χ0v) is 17.2. The molecule has 2 aromatic carbocycles. The van der Waals surface area contributed by atoms with Gasteiger partial charge in [0.15, 0.2) is 0 Å². The molecule has 0 atom stereocenters. The quantitative estimate of drug-likeness (QED) is 0.646. The Hall–Kier alpha value is -2.44. The second-order valence-corrected chi connectivity index (χ2v) is 7.42. The molecule has 0 spiro atoms. The van der Waals surface area contributed by atoms with Gasteiger partial charge in [0.25, 0.3) is 5.91 Å². The lowest BCUT2D eigenvalue weighted by molar-refractivity contribution is 0.0952. The summed E-state index contributed by atoms with van der Waals surface area (Å²) in [6, 6.07) is 15.3. The first kappa shape index (κ1) is 19.3. The third-order valence-electron chi connectivity index (χ3n) is 4.23. The van der Waals surface area contributed by atoms with E-state index in [0.717, 1.165) is 38.9 Å². The van der Waals surface area contributed by atoms with Gasteiger partial charge in [0.2, 0.25) is 0 Å². The van der Waals surface area contributed by atoms with Crippen LogP contribution in [0.2, 0.25) is 0 Å². The molecule has 6 heteroatoms. The van der Waals surface area contributed by atoms with Gasteiger partial charge in [-0.2, -0.15) is 0 Å². The highest BCUT2D eigenvalue weighted by Crippen LogP contribution is 2.28. The lowest BCUT2D eigenvalue weighted by Crippen LogP contribution is -2.31. The number of benzene rings is 2. The lowest BCUT2D eigenvalue weighted by atomic mass is 10.0. The molecule has 0 fully saturated rings. The van der Waals surface area contributed by atoms with Crippen LogP contribution in [-0.4, -0.2) is 50.1 Å². The number of aromatic nitrogens is 1. The Morgan fingerprint density at radius 2 is 2.00 bits per heavy atom. The number of methoxy groups -OCH3 is 1. The lowest BCUT2D eigenvalue weighted by Gasteiger charge is -2.13. The van der Waals surface area contributed by atoms with Crippen molar-refractivity contribution in [2.45, 2.75) is 0 Å². The normalized spacial score (nSPS) is 11.0. The molecule has 1 heterocycles. The maximum absolute atomic E-state index is 12.9. The summed E-state index contributed by atoms with van der Waals surface area (Å²) in [5, 5.41) is 3.81. The van der Waals surface area contributed by atoms with E-state index in [4.69, 9.17) is 9.72 Å². The number of amides is 1. The Labute approximate surface area is 167 Å². The molecule has 0 aliphatic carbocycles. The molecule has 0 bridgehead atoms. The van der Waals surface area contributed by atoms with E-state index in [0.29, 0.717) is 12.1 Å². The van der Waals surface area contributed by atoms with E-state index in [9.17, 15) is 4.79 Å². The van der Waals surface area contributed by atoms with Crippen molar-refractivity contribution in [3.8, 4) is 17.0 Å². The van der Waals surface area contributed by atoms with Crippen LogP contribution in [0.5, 0.6) is 5.75 Å². The number of pyridine rings is 1. The van der Waals surface area contributed by atoms with Gasteiger partial charge in [-0.15, -0.1) is 0 Å². The van der Waals surface area contributed by atoms with E-state index in [1.165, 1.54) is 0 Å². The van der Waals surface area contributed by atoms with Gasteiger partial charge in [0.1, 0.15) is 5.75 Å². The number of ether oxygens (including phenoxy) is 1. The van der Waals surface area contributed by atoms with Gasteiger partial charge < -0.3 is 15.0 Å². The fourth-order valence-corrected chi connectivity index (χ4v) is 3.17. The van der Waals surface area contributed by atoms with Gasteiger partial charge >= 0.3 is 0 Å². The molecular formula is C21H22BrN3O2. The number of nitrogens with zero attached hydrogens (tertiary/aromatic N) is 2. The van der Waals surface area contributed by atoms with E-state index in [-0.39, 0.29) is 5.91 Å². The van der Waals surface area contributed by atoms with Gasteiger partial charge in [-0.1, -0.05) is 28.1 Å². The second-order valence-electron chi connectivity index (χ2n) is 6.51.